The standard InChI is InChI=1S/C18H16NO2/c1-19(2)17-10-8-15(9-11-17)18(21)16(13-20)12-14-6-4-3-5-7-14/h3-12H,1-2H3. The van der Waals surface area contributed by atoms with Gasteiger partial charge in [0.25, 0.3) is 0 Å². The van der Waals surface area contributed by atoms with Gasteiger partial charge in [-0.15, -0.1) is 0 Å². The zero-order valence-electron chi connectivity index (χ0n) is 12.0. The van der Waals surface area contributed by atoms with Crippen LogP contribution in [0.3, 0.4) is 0 Å². The lowest BCUT2D eigenvalue weighted by atomic mass is 10.0. The number of hydrogen-bond donors (Lipinski definition) is 0. The zero-order valence-corrected chi connectivity index (χ0v) is 12.0. The number of anilines is 1. The predicted octanol–water partition coefficient (Wildman–Crippen LogP) is 3.13. The largest absolute Gasteiger partial charge is 0.378 e. The minimum atomic E-state index is -0.320. The lowest BCUT2D eigenvalue weighted by Gasteiger charge is -2.12. The molecule has 0 heterocycles. The van der Waals surface area contributed by atoms with Crippen LogP contribution < -0.4 is 4.90 Å². The van der Waals surface area contributed by atoms with E-state index in [9.17, 15) is 9.59 Å². The first-order valence-corrected chi connectivity index (χ1v) is 6.59. The average molecular weight is 278 g/mol. The van der Waals surface area contributed by atoms with Crippen LogP contribution >= 0.6 is 0 Å². The third-order valence-corrected chi connectivity index (χ3v) is 3.11. The highest BCUT2D eigenvalue weighted by Gasteiger charge is 2.12. The molecule has 0 aromatic heterocycles. The van der Waals surface area contributed by atoms with Gasteiger partial charge in [-0.3, -0.25) is 9.59 Å². The van der Waals surface area contributed by atoms with Crippen molar-refractivity contribution in [3.63, 3.8) is 0 Å². The minimum absolute atomic E-state index is 0.0267. The molecule has 0 fully saturated rings. The van der Waals surface area contributed by atoms with Crippen molar-refractivity contribution in [3.8, 4) is 0 Å². The molecule has 1 radical (unpaired) electrons. The van der Waals surface area contributed by atoms with E-state index in [1.165, 1.54) is 0 Å². The van der Waals surface area contributed by atoms with Gasteiger partial charge in [0.1, 0.15) is 0 Å². The van der Waals surface area contributed by atoms with Crippen molar-refractivity contribution in [1.29, 1.82) is 0 Å². The molecule has 0 saturated carbocycles. The van der Waals surface area contributed by atoms with E-state index < -0.39 is 0 Å². The molecule has 21 heavy (non-hydrogen) atoms. The van der Waals surface area contributed by atoms with E-state index in [0.29, 0.717) is 5.56 Å². The second kappa shape index (κ2) is 6.66. The highest BCUT2D eigenvalue weighted by atomic mass is 16.1. The predicted molar refractivity (Wildman–Crippen MR) is 85.2 cm³/mol. The highest BCUT2D eigenvalue weighted by molar-refractivity contribution is 6.23. The summed E-state index contributed by atoms with van der Waals surface area (Å²) in [6, 6.07) is 16.4. The summed E-state index contributed by atoms with van der Waals surface area (Å²) in [7, 11) is 3.85. The number of rotatable bonds is 5. The van der Waals surface area contributed by atoms with Gasteiger partial charge in [-0.2, -0.15) is 0 Å². The van der Waals surface area contributed by atoms with E-state index in [0.717, 1.165) is 11.3 Å². The van der Waals surface area contributed by atoms with Crippen molar-refractivity contribution in [2.75, 3.05) is 19.0 Å². The Morgan fingerprint density at radius 3 is 2.14 bits per heavy atom. The molecule has 0 aliphatic rings. The van der Waals surface area contributed by atoms with Gasteiger partial charge >= 0.3 is 0 Å². The average Bonchev–Trinajstić information content (AvgIpc) is 2.53. The SMILES string of the molecule is CN(C)c1ccc(C(=O)C([C]=O)=Cc2ccccc2)cc1. The van der Waals surface area contributed by atoms with Crippen LogP contribution in [0.1, 0.15) is 15.9 Å². The fraction of sp³-hybridized carbons (Fsp3) is 0.111. The number of Topliss-reactive ketones (excluding diaryl/α,β-unsaturated/α-hetero) is 1. The van der Waals surface area contributed by atoms with Gasteiger partial charge in [-0.25, -0.2) is 0 Å². The number of hydrogen-bond acceptors (Lipinski definition) is 3. The van der Waals surface area contributed by atoms with Crippen LogP contribution in [0.15, 0.2) is 60.2 Å². The van der Waals surface area contributed by atoms with E-state index >= 15 is 0 Å². The third kappa shape index (κ3) is 3.66. The molecule has 0 spiro atoms. The van der Waals surface area contributed by atoms with Crippen LogP contribution in [-0.2, 0) is 4.79 Å². The number of nitrogens with zero attached hydrogens (tertiary/aromatic N) is 1. The molecule has 105 valence electrons. The molecule has 2 aromatic rings. The van der Waals surface area contributed by atoms with E-state index in [4.69, 9.17) is 0 Å². The molecule has 0 saturated heterocycles. The van der Waals surface area contributed by atoms with Crippen molar-refractivity contribution >= 4 is 23.8 Å². The van der Waals surface area contributed by atoms with Gasteiger partial charge in [0.05, 0.1) is 5.57 Å². The number of carbonyl (C=O) groups excluding carboxylic acids is 2. The molecule has 0 unspecified atom stereocenters. The van der Waals surface area contributed by atoms with Crippen LogP contribution in [0.2, 0.25) is 0 Å². The van der Waals surface area contributed by atoms with E-state index in [2.05, 4.69) is 0 Å². The normalized spacial score (nSPS) is 11.0. The molecule has 3 nitrogen and oxygen atoms in total. The van der Waals surface area contributed by atoms with Crippen LogP contribution in [-0.4, -0.2) is 26.2 Å². The Morgan fingerprint density at radius 2 is 1.62 bits per heavy atom. The first-order chi connectivity index (χ1) is 10.1. The molecular formula is C18H16NO2. The summed E-state index contributed by atoms with van der Waals surface area (Å²) in [6.07, 6.45) is 3.29. The summed E-state index contributed by atoms with van der Waals surface area (Å²) in [4.78, 5) is 25.3. The topological polar surface area (TPSA) is 37.4 Å². The Labute approximate surface area is 124 Å². The van der Waals surface area contributed by atoms with Gasteiger partial charge in [-0.1, -0.05) is 30.3 Å². The summed E-state index contributed by atoms with van der Waals surface area (Å²) < 4.78 is 0. The number of allylic oxidation sites excluding steroid dienone is 1. The maximum Gasteiger partial charge on any atom is 0.237 e. The van der Waals surface area contributed by atoms with Gasteiger partial charge in [-0.05, 0) is 35.9 Å². The molecule has 0 aliphatic heterocycles. The number of carbonyl (C=O) groups is 1. The van der Waals surface area contributed by atoms with Crippen LogP contribution in [0.4, 0.5) is 5.69 Å². The molecule has 2 rings (SSSR count). The molecule has 0 N–H and O–H groups in total. The monoisotopic (exact) mass is 278 g/mol. The van der Waals surface area contributed by atoms with Crippen molar-refractivity contribution in [2.24, 2.45) is 0 Å². The smallest absolute Gasteiger partial charge is 0.237 e. The molecule has 0 bridgehead atoms. The van der Waals surface area contributed by atoms with Crippen LogP contribution in [0, 0.1) is 0 Å². The first kappa shape index (κ1) is 14.7. The molecule has 0 amide bonds. The highest BCUT2D eigenvalue weighted by Crippen LogP contribution is 2.16. The second-order valence-electron chi connectivity index (χ2n) is 4.84. The Morgan fingerprint density at radius 1 is 1.00 bits per heavy atom. The van der Waals surface area contributed by atoms with Crippen LogP contribution in [0.5, 0.6) is 0 Å². The quantitative estimate of drug-likeness (QED) is 0.365. The van der Waals surface area contributed by atoms with E-state index in [1.807, 2.05) is 61.5 Å². The van der Waals surface area contributed by atoms with Gasteiger partial charge in [0, 0.05) is 25.3 Å². The van der Waals surface area contributed by atoms with Crippen molar-refractivity contribution in [1.82, 2.24) is 0 Å². The van der Waals surface area contributed by atoms with Crippen molar-refractivity contribution < 1.29 is 9.59 Å². The summed E-state index contributed by atoms with van der Waals surface area (Å²) in [6.45, 7) is 0. The Hall–Kier alpha value is -2.68. The fourth-order valence-corrected chi connectivity index (χ4v) is 1.92. The number of ketones is 1. The van der Waals surface area contributed by atoms with Crippen molar-refractivity contribution in [2.45, 2.75) is 0 Å². The molecule has 0 atom stereocenters. The molecular weight excluding hydrogens is 262 g/mol. The molecule has 0 aliphatic carbocycles. The minimum Gasteiger partial charge on any atom is -0.378 e. The molecule has 3 heteroatoms. The summed E-state index contributed by atoms with van der Waals surface area (Å²) >= 11 is 0. The lowest BCUT2D eigenvalue weighted by molar-refractivity contribution is 0.104. The Balaban J connectivity index is 2.28. The Kier molecular flexibility index (Phi) is 4.67. The number of benzene rings is 2. The fourth-order valence-electron chi connectivity index (χ4n) is 1.92. The summed E-state index contributed by atoms with van der Waals surface area (Å²) in [5.74, 6) is -0.320. The summed E-state index contributed by atoms with van der Waals surface area (Å²) in [5, 5.41) is 0. The first-order valence-electron chi connectivity index (χ1n) is 6.59. The maximum absolute atomic E-state index is 12.3. The van der Waals surface area contributed by atoms with Crippen molar-refractivity contribution in [3.05, 3.63) is 71.3 Å². The van der Waals surface area contributed by atoms with Gasteiger partial charge < -0.3 is 4.90 Å². The second-order valence-corrected chi connectivity index (χ2v) is 4.84. The van der Waals surface area contributed by atoms with E-state index in [-0.39, 0.29) is 11.4 Å². The van der Waals surface area contributed by atoms with Gasteiger partial charge in [0.2, 0.25) is 6.29 Å². The summed E-state index contributed by atoms with van der Waals surface area (Å²) in [5.41, 5.74) is 2.30. The van der Waals surface area contributed by atoms with Gasteiger partial charge in [0.15, 0.2) is 5.78 Å². The molecule has 2 aromatic carbocycles. The Bertz CT molecular complexity index is 655. The van der Waals surface area contributed by atoms with E-state index in [1.54, 1.807) is 24.5 Å². The lowest BCUT2D eigenvalue weighted by Crippen LogP contribution is -2.09. The zero-order chi connectivity index (χ0) is 15.2. The maximum atomic E-state index is 12.3. The third-order valence-electron chi connectivity index (χ3n) is 3.11. The van der Waals surface area contributed by atoms with Crippen LogP contribution in [0.25, 0.3) is 6.08 Å².